The largest absolute Gasteiger partial charge is 0.480 e. The van der Waals surface area contributed by atoms with Crippen molar-refractivity contribution < 1.29 is 15.0 Å². The smallest absolute Gasteiger partial charge is 0.322 e. The molecule has 0 aliphatic carbocycles. The van der Waals surface area contributed by atoms with E-state index in [0.29, 0.717) is 0 Å². The van der Waals surface area contributed by atoms with E-state index >= 15 is 0 Å². The first-order valence-electron chi connectivity index (χ1n) is 2.92. The fraction of sp³-hybridized carbons (Fsp3) is 0.286. The Balaban J connectivity index is 0. The van der Waals surface area contributed by atoms with Crippen LogP contribution in [0.5, 0.6) is 0 Å². The predicted molar refractivity (Wildman–Crippen MR) is 43.1 cm³/mol. The molecule has 0 aromatic heterocycles. The van der Waals surface area contributed by atoms with Crippen molar-refractivity contribution in [1.29, 1.82) is 0 Å². The number of allylic oxidation sites excluding steroid dienone is 2. The van der Waals surface area contributed by atoms with Gasteiger partial charge in [0.1, 0.15) is 6.04 Å². The van der Waals surface area contributed by atoms with Crippen LogP contribution in [0.3, 0.4) is 0 Å². The van der Waals surface area contributed by atoms with E-state index in [1.54, 1.807) is 12.2 Å². The van der Waals surface area contributed by atoms with Crippen LogP contribution in [-0.4, -0.2) is 28.8 Å². The van der Waals surface area contributed by atoms with Gasteiger partial charge in [-0.2, -0.15) is 0 Å². The summed E-state index contributed by atoms with van der Waals surface area (Å²) in [7, 11) is 0. The van der Waals surface area contributed by atoms with E-state index in [-0.39, 0.29) is 0 Å². The summed E-state index contributed by atoms with van der Waals surface area (Å²) in [5, 5.41) is 15.9. The number of carbonyl (C=O) groups is 1. The molecule has 0 fully saturated rings. The molecule has 64 valence electrons. The van der Waals surface area contributed by atoms with Crippen molar-refractivity contribution in [1.82, 2.24) is 0 Å². The summed E-state index contributed by atoms with van der Waals surface area (Å²) < 4.78 is 0. The van der Waals surface area contributed by atoms with Gasteiger partial charge in [-0.05, 0) is 0 Å². The molecule has 4 nitrogen and oxygen atoms in total. The van der Waals surface area contributed by atoms with Gasteiger partial charge in [-0.15, -0.1) is 0 Å². The zero-order valence-corrected chi connectivity index (χ0v) is 6.23. The van der Waals surface area contributed by atoms with Gasteiger partial charge in [-0.3, -0.25) is 4.79 Å². The van der Waals surface area contributed by atoms with Crippen molar-refractivity contribution in [3.8, 4) is 0 Å². The second kappa shape index (κ2) is 8.87. The summed E-state index contributed by atoms with van der Waals surface area (Å²) in [6.45, 7) is 6.22. The molecular weight excluding hydrogens is 146 g/mol. The minimum atomic E-state index is -1.18. The number of rotatable bonds is 3. The molecular formula is C7H13NO3. The van der Waals surface area contributed by atoms with Gasteiger partial charge in [-0.25, -0.2) is 0 Å². The highest BCUT2D eigenvalue weighted by Crippen LogP contribution is 1.71. The van der Waals surface area contributed by atoms with Gasteiger partial charge >= 0.3 is 5.97 Å². The van der Waals surface area contributed by atoms with E-state index in [0.717, 1.165) is 0 Å². The van der Waals surface area contributed by atoms with Crippen molar-refractivity contribution in [2.24, 2.45) is 5.73 Å². The fourth-order valence-corrected chi connectivity index (χ4v) is 0.0781. The molecule has 0 bridgehead atoms. The van der Waals surface area contributed by atoms with Crippen LogP contribution >= 0.6 is 0 Å². The number of aliphatic carboxylic acids is 1. The molecule has 0 heterocycles. The molecule has 0 spiro atoms. The Morgan fingerprint density at radius 2 is 1.91 bits per heavy atom. The van der Waals surface area contributed by atoms with E-state index in [9.17, 15) is 4.79 Å². The molecule has 0 saturated carbocycles. The Hall–Kier alpha value is -1.13. The molecule has 0 aliphatic heterocycles. The Bertz CT molecular complexity index is 128. The van der Waals surface area contributed by atoms with Gasteiger partial charge in [-0.1, -0.05) is 25.3 Å². The molecule has 0 amide bonds. The summed E-state index contributed by atoms with van der Waals surface area (Å²) in [4.78, 5) is 9.65. The van der Waals surface area contributed by atoms with Crippen LogP contribution in [-0.2, 0) is 4.79 Å². The SMILES string of the molecule is C=CC=C.N[C@@H](CO)C(=O)O. The number of hydrogen-bond donors (Lipinski definition) is 3. The number of aliphatic hydroxyl groups excluding tert-OH is 1. The molecule has 0 unspecified atom stereocenters. The van der Waals surface area contributed by atoms with Crippen molar-refractivity contribution >= 4 is 5.97 Å². The highest BCUT2D eigenvalue weighted by Gasteiger charge is 2.06. The molecule has 4 heteroatoms. The van der Waals surface area contributed by atoms with Gasteiger partial charge in [0.2, 0.25) is 0 Å². The third-order valence-corrected chi connectivity index (χ3v) is 0.681. The summed E-state index contributed by atoms with van der Waals surface area (Å²) >= 11 is 0. The van der Waals surface area contributed by atoms with E-state index in [4.69, 9.17) is 15.9 Å². The third-order valence-electron chi connectivity index (χ3n) is 0.681. The summed E-state index contributed by atoms with van der Waals surface area (Å²) in [5.74, 6) is -1.18. The van der Waals surface area contributed by atoms with E-state index < -0.39 is 18.6 Å². The Kier molecular flexibility index (Phi) is 10.1. The van der Waals surface area contributed by atoms with Crippen LogP contribution in [0.25, 0.3) is 0 Å². The van der Waals surface area contributed by atoms with Gasteiger partial charge in [0, 0.05) is 0 Å². The quantitative estimate of drug-likeness (QED) is 0.496. The third kappa shape index (κ3) is 12.1. The zero-order valence-electron chi connectivity index (χ0n) is 6.23. The maximum Gasteiger partial charge on any atom is 0.322 e. The average Bonchev–Trinajstić information content (AvgIpc) is 2.03. The predicted octanol–water partition coefficient (Wildman–Crippen LogP) is -0.251. The minimum Gasteiger partial charge on any atom is -0.480 e. The van der Waals surface area contributed by atoms with Gasteiger partial charge in [0.05, 0.1) is 6.61 Å². The lowest BCUT2D eigenvalue weighted by Crippen LogP contribution is -2.33. The van der Waals surface area contributed by atoms with Crippen LogP contribution in [0.4, 0.5) is 0 Å². The lowest BCUT2D eigenvalue weighted by Gasteiger charge is -1.96. The van der Waals surface area contributed by atoms with Gasteiger partial charge < -0.3 is 15.9 Å². The normalized spacial score (nSPS) is 10.4. The Labute approximate surface area is 65.6 Å². The van der Waals surface area contributed by atoms with Crippen LogP contribution in [0.15, 0.2) is 25.3 Å². The summed E-state index contributed by atoms with van der Waals surface area (Å²) in [6, 6.07) is -1.13. The summed E-state index contributed by atoms with van der Waals surface area (Å²) in [5.41, 5.74) is 4.77. The number of carboxylic acid groups (broad SMARTS) is 1. The fourth-order valence-electron chi connectivity index (χ4n) is 0.0781. The molecule has 11 heavy (non-hydrogen) atoms. The maximum absolute atomic E-state index is 9.65. The minimum absolute atomic E-state index is 0.505. The monoisotopic (exact) mass is 159 g/mol. The van der Waals surface area contributed by atoms with E-state index in [1.165, 1.54) is 0 Å². The highest BCUT2D eigenvalue weighted by atomic mass is 16.4. The second-order valence-corrected chi connectivity index (χ2v) is 1.60. The van der Waals surface area contributed by atoms with Crippen molar-refractivity contribution in [3.05, 3.63) is 25.3 Å². The molecule has 0 aliphatic rings. The molecule has 0 aromatic rings. The molecule has 0 saturated heterocycles. The molecule has 4 N–H and O–H groups in total. The maximum atomic E-state index is 9.65. The van der Waals surface area contributed by atoms with Gasteiger partial charge in [0.25, 0.3) is 0 Å². The van der Waals surface area contributed by atoms with Crippen LogP contribution < -0.4 is 5.73 Å². The molecule has 1 atom stereocenters. The van der Waals surface area contributed by atoms with Crippen LogP contribution in [0, 0.1) is 0 Å². The molecule has 0 rings (SSSR count). The number of nitrogens with two attached hydrogens (primary N) is 1. The van der Waals surface area contributed by atoms with E-state index in [1.807, 2.05) is 0 Å². The second-order valence-electron chi connectivity index (χ2n) is 1.60. The van der Waals surface area contributed by atoms with Crippen molar-refractivity contribution in [2.75, 3.05) is 6.61 Å². The average molecular weight is 159 g/mol. The Morgan fingerprint density at radius 1 is 1.55 bits per heavy atom. The first kappa shape index (κ1) is 12.5. The number of carboxylic acids is 1. The first-order valence-corrected chi connectivity index (χ1v) is 2.92. The Morgan fingerprint density at radius 3 is 1.91 bits per heavy atom. The highest BCUT2D eigenvalue weighted by molar-refractivity contribution is 5.73. The summed E-state index contributed by atoms with van der Waals surface area (Å²) in [6.07, 6.45) is 3.28. The lowest BCUT2D eigenvalue weighted by molar-refractivity contribution is -0.139. The van der Waals surface area contributed by atoms with Crippen LogP contribution in [0.1, 0.15) is 0 Å². The van der Waals surface area contributed by atoms with Gasteiger partial charge in [0.15, 0.2) is 0 Å². The van der Waals surface area contributed by atoms with Crippen LogP contribution in [0.2, 0.25) is 0 Å². The van der Waals surface area contributed by atoms with Crippen molar-refractivity contribution in [2.45, 2.75) is 6.04 Å². The molecule has 0 aromatic carbocycles. The van der Waals surface area contributed by atoms with Crippen molar-refractivity contribution in [3.63, 3.8) is 0 Å². The number of hydrogen-bond acceptors (Lipinski definition) is 3. The standard InChI is InChI=1S/C4H6.C3H7NO3/c1-3-4-2;4-2(1-5)3(6)7/h3-4H,1-2H2;2,5H,1,4H2,(H,6,7)/t;2-/m.0/s1. The molecule has 0 radical (unpaired) electrons. The zero-order chi connectivity index (χ0) is 9.28. The first-order chi connectivity index (χ1) is 5.09. The number of aliphatic hydroxyl groups is 1. The topological polar surface area (TPSA) is 83.5 Å². The lowest BCUT2D eigenvalue weighted by atomic mass is 10.3. The van der Waals surface area contributed by atoms with E-state index in [2.05, 4.69) is 13.2 Å².